The maximum Gasteiger partial charge on any atom is 0.231 e. The van der Waals surface area contributed by atoms with Gasteiger partial charge in [-0.2, -0.15) is 0 Å². The Bertz CT molecular complexity index is 520. The minimum absolute atomic E-state index is 0.206. The Morgan fingerprint density at radius 3 is 2.67 bits per heavy atom. The number of fused-ring (bicyclic) bond motifs is 1. The molecule has 21 heavy (non-hydrogen) atoms. The second-order valence-corrected chi connectivity index (χ2v) is 7.68. The molecule has 0 saturated heterocycles. The van der Waals surface area contributed by atoms with Gasteiger partial charge in [0, 0.05) is 17.6 Å². The molecule has 3 rings (SSSR count). The van der Waals surface area contributed by atoms with Gasteiger partial charge in [-0.25, -0.2) is 0 Å². The topological polar surface area (TPSA) is 20.3 Å². The molecule has 0 aromatic heterocycles. The third-order valence-electron chi connectivity index (χ3n) is 5.06. The number of likely N-dealkylation sites (N-methyl/N-ethyl adjacent to an activating group) is 1. The van der Waals surface area contributed by atoms with Crippen LogP contribution in [0.25, 0.3) is 0 Å². The number of anilines is 1. The Hall–Kier alpha value is -0.830. The first-order valence-electron chi connectivity index (χ1n) is 8.18. The van der Waals surface area contributed by atoms with Crippen molar-refractivity contribution in [1.29, 1.82) is 0 Å². The van der Waals surface area contributed by atoms with E-state index in [2.05, 4.69) is 34.1 Å². The molecule has 3 heteroatoms. The lowest BCUT2D eigenvalue weighted by Gasteiger charge is -2.19. The molecule has 114 valence electrons. The number of hydrogen-bond donors (Lipinski definition) is 0. The zero-order valence-corrected chi connectivity index (χ0v) is 14.4. The van der Waals surface area contributed by atoms with Crippen molar-refractivity contribution in [3.8, 4) is 0 Å². The Morgan fingerprint density at radius 2 is 1.95 bits per heavy atom. The van der Waals surface area contributed by atoms with Gasteiger partial charge >= 0.3 is 0 Å². The summed E-state index contributed by atoms with van der Waals surface area (Å²) >= 11 is 3.89. The molecular formula is C18H24BrNO. The summed E-state index contributed by atoms with van der Waals surface area (Å²) in [6.45, 7) is 0. The van der Waals surface area contributed by atoms with Crippen LogP contribution in [0.3, 0.4) is 0 Å². The standard InChI is InChI=1S/C18H24BrNO/c1-20-17-9-8-14(11-15(17)12-18(20)21)16(19)10-13-6-4-2-3-5-7-13/h8-9,11,13,16H,2-7,10,12H2,1H3. The van der Waals surface area contributed by atoms with E-state index in [9.17, 15) is 4.79 Å². The van der Waals surface area contributed by atoms with Crippen LogP contribution in [0.2, 0.25) is 0 Å². The molecule has 0 radical (unpaired) electrons. The first-order valence-corrected chi connectivity index (χ1v) is 9.10. The summed E-state index contributed by atoms with van der Waals surface area (Å²) in [7, 11) is 1.87. The van der Waals surface area contributed by atoms with Crippen molar-refractivity contribution < 1.29 is 4.79 Å². The molecule has 1 heterocycles. The summed E-state index contributed by atoms with van der Waals surface area (Å²) < 4.78 is 0. The molecule has 2 nitrogen and oxygen atoms in total. The highest BCUT2D eigenvalue weighted by Gasteiger charge is 2.25. The predicted octanol–water partition coefficient (Wildman–Crippen LogP) is 5.00. The third-order valence-corrected chi connectivity index (χ3v) is 5.96. The van der Waals surface area contributed by atoms with Gasteiger partial charge in [0.15, 0.2) is 0 Å². The number of nitrogens with zero attached hydrogens (tertiary/aromatic N) is 1. The molecular weight excluding hydrogens is 326 g/mol. The second kappa shape index (κ2) is 6.51. The highest BCUT2D eigenvalue weighted by Crippen LogP contribution is 2.38. The average molecular weight is 350 g/mol. The van der Waals surface area contributed by atoms with E-state index in [4.69, 9.17) is 0 Å². The summed E-state index contributed by atoms with van der Waals surface area (Å²) in [5.74, 6) is 1.06. The SMILES string of the molecule is CN1C(=O)Cc2cc(C(Br)CC3CCCCCC3)ccc21. The Kier molecular flexibility index (Phi) is 4.68. The predicted molar refractivity (Wildman–Crippen MR) is 91.0 cm³/mol. The minimum atomic E-state index is 0.206. The van der Waals surface area contributed by atoms with E-state index in [1.165, 1.54) is 56.1 Å². The summed E-state index contributed by atoms with van der Waals surface area (Å²) in [4.78, 5) is 14.0. The van der Waals surface area contributed by atoms with E-state index in [-0.39, 0.29) is 5.91 Å². The minimum Gasteiger partial charge on any atom is -0.315 e. The van der Waals surface area contributed by atoms with E-state index in [1.807, 2.05) is 7.05 Å². The Morgan fingerprint density at radius 1 is 1.24 bits per heavy atom. The zero-order valence-electron chi connectivity index (χ0n) is 12.8. The molecule has 1 amide bonds. The third kappa shape index (κ3) is 3.33. The van der Waals surface area contributed by atoms with Gasteiger partial charge in [-0.3, -0.25) is 4.79 Å². The number of amides is 1. The van der Waals surface area contributed by atoms with Crippen molar-refractivity contribution >= 4 is 27.5 Å². The maximum atomic E-state index is 11.8. The van der Waals surface area contributed by atoms with Crippen molar-refractivity contribution in [2.75, 3.05) is 11.9 Å². The van der Waals surface area contributed by atoms with Gasteiger partial charge in [-0.05, 0) is 29.5 Å². The summed E-state index contributed by atoms with van der Waals surface area (Å²) in [6.07, 6.45) is 10.2. The van der Waals surface area contributed by atoms with Crippen LogP contribution in [0.1, 0.15) is 60.9 Å². The highest BCUT2D eigenvalue weighted by atomic mass is 79.9. The van der Waals surface area contributed by atoms with Gasteiger partial charge in [-0.1, -0.05) is 66.6 Å². The molecule has 1 aromatic carbocycles. The fourth-order valence-corrected chi connectivity index (χ4v) is 4.53. The smallest absolute Gasteiger partial charge is 0.231 e. The van der Waals surface area contributed by atoms with Crippen LogP contribution in [0.5, 0.6) is 0 Å². The van der Waals surface area contributed by atoms with E-state index in [0.717, 1.165) is 11.6 Å². The molecule has 0 spiro atoms. The van der Waals surface area contributed by atoms with E-state index >= 15 is 0 Å². The monoisotopic (exact) mass is 349 g/mol. The molecule has 2 aliphatic rings. The second-order valence-electron chi connectivity index (χ2n) is 6.58. The molecule has 1 aliphatic heterocycles. The van der Waals surface area contributed by atoms with Crippen molar-refractivity contribution in [2.24, 2.45) is 5.92 Å². The number of carbonyl (C=O) groups is 1. The first kappa shape index (κ1) is 15.1. The van der Waals surface area contributed by atoms with E-state index in [1.54, 1.807) is 4.90 Å². The highest BCUT2D eigenvalue weighted by molar-refractivity contribution is 9.09. The Labute approximate surface area is 136 Å². The van der Waals surface area contributed by atoms with Crippen LogP contribution >= 0.6 is 15.9 Å². The maximum absolute atomic E-state index is 11.8. The summed E-state index contributed by atoms with van der Waals surface area (Å²) in [5, 5.41) is 0. The molecule has 1 aromatic rings. The van der Waals surface area contributed by atoms with Gasteiger partial charge in [0.2, 0.25) is 5.91 Å². The van der Waals surface area contributed by atoms with Gasteiger partial charge < -0.3 is 4.90 Å². The van der Waals surface area contributed by atoms with Gasteiger partial charge in [-0.15, -0.1) is 0 Å². The van der Waals surface area contributed by atoms with E-state index in [0.29, 0.717) is 11.2 Å². The molecule has 1 aliphatic carbocycles. The van der Waals surface area contributed by atoms with Crippen LogP contribution in [-0.2, 0) is 11.2 Å². The van der Waals surface area contributed by atoms with Crippen LogP contribution in [0.4, 0.5) is 5.69 Å². The lowest BCUT2D eigenvalue weighted by atomic mass is 9.92. The molecule has 1 atom stereocenters. The quantitative estimate of drug-likeness (QED) is 0.555. The molecule has 0 bridgehead atoms. The zero-order chi connectivity index (χ0) is 14.8. The van der Waals surface area contributed by atoms with Crippen molar-refractivity contribution in [3.63, 3.8) is 0 Å². The van der Waals surface area contributed by atoms with Crippen LogP contribution in [0, 0.1) is 5.92 Å². The summed E-state index contributed by atoms with van der Waals surface area (Å²) in [6, 6.07) is 6.52. The van der Waals surface area contributed by atoms with Crippen molar-refractivity contribution in [1.82, 2.24) is 0 Å². The fraction of sp³-hybridized carbons (Fsp3) is 0.611. The van der Waals surface area contributed by atoms with E-state index < -0.39 is 0 Å². The fourth-order valence-electron chi connectivity index (χ4n) is 3.71. The largest absolute Gasteiger partial charge is 0.315 e. The normalized spacial score (nSPS) is 21.2. The van der Waals surface area contributed by atoms with Gasteiger partial charge in [0.25, 0.3) is 0 Å². The van der Waals surface area contributed by atoms with Crippen LogP contribution in [-0.4, -0.2) is 13.0 Å². The van der Waals surface area contributed by atoms with Gasteiger partial charge in [0.1, 0.15) is 0 Å². The first-order chi connectivity index (χ1) is 10.1. The number of halogens is 1. The summed E-state index contributed by atoms with van der Waals surface area (Å²) in [5.41, 5.74) is 3.60. The number of hydrogen-bond acceptors (Lipinski definition) is 1. The number of rotatable bonds is 3. The van der Waals surface area contributed by atoms with Gasteiger partial charge in [0.05, 0.1) is 6.42 Å². The number of benzene rings is 1. The molecule has 1 fully saturated rings. The van der Waals surface area contributed by atoms with Crippen LogP contribution < -0.4 is 4.90 Å². The Balaban J connectivity index is 1.69. The lowest BCUT2D eigenvalue weighted by Crippen LogP contribution is -2.20. The van der Waals surface area contributed by atoms with Crippen LogP contribution in [0.15, 0.2) is 18.2 Å². The molecule has 1 unspecified atom stereocenters. The lowest BCUT2D eigenvalue weighted by molar-refractivity contribution is -0.117. The number of carbonyl (C=O) groups excluding carboxylic acids is 1. The van der Waals surface area contributed by atoms with Crippen molar-refractivity contribution in [3.05, 3.63) is 29.3 Å². The van der Waals surface area contributed by atoms with Crippen molar-refractivity contribution in [2.45, 2.75) is 56.2 Å². The number of alkyl halides is 1. The molecule has 1 saturated carbocycles. The average Bonchev–Trinajstić information content (AvgIpc) is 2.67. The molecule has 0 N–H and O–H groups in total.